The fourth-order valence-electron chi connectivity index (χ4n) is 4.45. The molecule has 0 aliphatic heterocycles. The number of aromatic carboxylic acids is 1. The molecule has 3 aromatic rings. The fourth-order valence-corrected chi connectivity index (χ4v) is 6.06. The minimum Gasteiger partial charge on any atom is -0.493 e. The van der Waals surface area contributed by atoms with E-state index in [9.17, 15) is 9.90 Å². The van der Waals surface area contributed by atoms with Crippen LogP contribution in [0.5, 0.6) is 5.75 Å². The lowest BCUT2D eigenvalue weighted by Gasteiger charge is -2.24. The Kier molecular flexibility index (Phi) is 7.07. The molecule has 1 aliphatic carbocycles. The van der Waals surface area contributed by atoms with E-state index in [1.54, 1.807) is 6.07 Å². The summed E-state index contributed by atoms with van der Waals surface area (Å²) in [7, 11) is 0. The molecule has 31 heavy (non-hydrogen) atoms. The molecule has 0 saturated heterocycles. The van der Waals surface area contributed by atoms with Crippen molar-refractivity contribution in [3.63, 3.8) is 0 Å². The van der Waals surface area contributed by atoms with Crippen molar-refractivity contribution in [2.45, 2.75) is 37.2 Å². The molecule has 2 N–H and O–H groups in total. The molecule has 4 nitrogen and oxygen atoms in total. The molecule has 0 bridgehead atoms. The van der Waals surface area contributed by atoms with Gasteiger partial charge in [-0.2, -0.15) is 0 Å². The number of ether oxygens (including phenoxy) is 1. The molecule has 0 amide bonds. The Hall–Kier alpha value is -1.79. The van der Waals surface area contributed by atoms with Crippen molar-refractivity contribution in [3.8, 4) is 5.75 Å². The van der Waals surface area contributed by atoms with Crippen molar-refractivity contribution in [2.75, 3.05) is 6.61 Å². The summed E-state index contributed by atoms with van der Waals surface area (Å²) in [4.78, 5) is 12.5. The summed E-state index contributed by atoms with van der Waals surface area (Å²) >= 11 is 14.2. The Morgan fingerprint density at radius 3 is 2.61 bits per heavy atom. The predicted octanol–water partition coefficient (Wildman–Crippen LogP) is 6.26. The van der Waals surface area contributed by atoms with Crippen LogP contribution >= 0.6 is 34.5 Å². The second-order valence-electron chi connectivity index (χ2n) is 8.01. The number of aryl methyl sites for hydroxylation is 1. The number of hydrogen-bond donors (Lipinski definition) is 2. The summed E-state index contributed by atoms with van der Waals surface area (Å²) in [6.45, 7) is 0.392. The molecular weight excluding hydrogens is 455 g/mol. The molecule has 164 valence electrons. The summed E-state index contributed by atoms with van der Waals surface area (Å²) in [6.07, 6.45) is 2.63. The molecule has 7 heteroatoms. The molecule has 1 fully saturated rings. The molecule has 0 unspecified atom stereocenters. The van der Waals surface area contributed by atoms with E-state index in [1.807, 2.05) is 42.5 Å². The fraction of sp³-hybridized carbons (Fsp3) is 0.375. The highest BCUT2D eigenvalue weighted by Gasteiger charge is 2.41. The largest absolute Gasteiger partial charge is 0.493 e. The summed E-state index contributed by atoms with van der Waals surface area (Å²) in [5, 5.41) is 22.2. The minimum atomic E-state index is -0.886. The van der Waals surface area contributed by atoms with Crippen LogP contribution in [0.4, 0.5) is 0 Å². The van der Waals surface area contributed by atoms with Gasteiger partial charge in [0, 0.05) is 32.0 Å². The lowest BCUT2D eigenvalue weighted by molar-refractivity contribution is 0.0701. The number of carbonyl (C=O) groups is 1. The van der Waals surface area contributed by atoms with Crippen LogP contribution in [-0.2, 0) is 6.42 Å². The van der Waals surface area contributed by atoms with Crippen LogP contribution in [0.2, 0.25) is 5.02 Å². The van der Waals surface area contributed by atoms with Crippen molar-refractivity contribution in [3.05, 3.63) is 63.3 Å². The highest BCUT2D eigenvalue weighted by molar-refractivity contribution is 7.13. The Morgan fingerprint density at radius 2 is 1.87 bits per heavy atom. The van der Waals surface area contributed by atoms with E-state index in [4.69, 9.17) is 33.0 Å². The van der Waals surface area contributed by atoms with Gasteiger partial charge in [-0.25, -0.2) is 4.79 Å². The molecule has 1 aromatic heterocycles. The highest BCUT2D eigenvalue weighted by atomic mass is 35.5. The Labute approximate surface area is 195 Å². The third-order valence-electron chi connectivity index (χ3n) is 6.07. The quantitative estimate of drug-likeness (QED) is 0.375. The molecule has 1 saturated carbocycles. The van der Waals surface area contributed by atoms with Crippen molar-refractivity contribution in [2.24, 2.45) is 11.8 Å². The number of hydrogen-bond acceptors (Lipinski definition) is 4. The van der Waals surface area contributed by atoms with Crippen LogP contribution in [0.3, 0.4) is 0 Å². The van der Waals surface area contributed by atoms with Gasteiger partial charge in [-0.1, -0.05) is 35.9 Å². The molecule has 4 rings (SSSR count). The van der Waals surface area contributed by atoms with Gasteiger partial charge < -0.3 is 14.9 Å². The minimum absolute atomic E-state index is 0.0464. The number of halogens is 2. The average Bonchev–Trinajstić information content (AvgIpc) is 3.33. The van der Waals surface area contributed by atoms with E-state index in [0.29, 0.717) is 22.9 Å². The SMILES string of the molecule is O=C(O)c1ccc(CCC[C@@H]2[C@@H](COc3ccc(Cl)c4ccccc34)[C@H](O)C[C@H]2Cl)s1. The standard InChI is InChI=1S/C24H24Cl2O4S/c25-19-9-10-22(17-6-2-1-5-15(17)19)30-13-18-16(20(26)12-21(18)27)7-3-4-14-8-11-23(31-14)24(28)29/h1-2,5-6,8-11,16,18,20-21,27H,3-4,7,12-13H2,(H,28,29)/t16-,18-,20-,21-/m1/s1. The number of fused-ring (bicyclic) bond motifs is 1. The molecule has 2 aromatic carbocycles. The lowest BCUT2D eigenvalue weighted by atomic mass is 9.90. The first kappa shape index (κ1) is 22.4. The highest BCUT2D eigenvalue weighted by Crippen LogP contribution is 2.40. The molecule has 0 radical (unpaired) electrons. The molecule has 0 spiro atoms. The lowest BCUT2D eigenvalue weighted by Crippen LogP contribution is -2.27. The second kappa shape index (κ2) is 9.78. The average molecular weight is 479 g/mol. The summed E-state index contributed by atoms with van der Waals surface area (Å²) in [5.41, 5.74) is 0. The number of alkyl halides is 1. The zero-order valence-corrected chi connectivity index (χ0v) is 19.2. The van der Waals surface area contributed by atoms with Gasteiger partial charge in [0.2, 0.25) is 0 Å². The zero-order chi connectivity index (χ0) is 22.0. The Morgan fingerprint density at radius 1 is 1.10 bits per heavy atom. The summed E-state index contributed by atoms with van der Waals surface area (Å²) < 4.78 is 6.16. The smallest absolute Gasteiger partial charge is 0.345 e. The van der Waals surface area contributed by atoms with Crippen molar-refractivity contribution in [1.82, 2.24) is 0 Å². The number of aliphatic hydroxyl groups excluding tert-OH is 1. The van der Waals surface area contributed by atoms with Gasteiger partial charge in [-0.05, 0) is 55.9 Å². The van der Waals surface area contributed by atoms with E-state index >= 15 is 0 Å². The van der Waals surface area contributed by atoms with Crippen LogP contribution < -0.4 is 4.74 Å². The zero-order valence-electron chi connectivity index (χ0n) is 16.8. The monoisotopic (exact) mass is 478 g/mol. The van der Waals surface area contributed by atoms with Gasteiger partial charge in [-0.15, -0.1) is 22.9 Å². The van der Waals surface area contributed by atoms with Crippen molar-refractivity contribution >= 4 is 51.3 Å². The predicted molar refractivity (Wildman–Crippen MR) is 126 cm³/mol. The maximum Gasteiger partial charge on any atom is 0.345 e. The molecular formula is C24H24Cl2O4S. The molecule has 1 heterocycles. The van der Waals surface area contributed by atoms with Crippen LogP contribution in [0.25, 0.3) is 10.8 Å². The second-order valence-corrected chi connectivity index (χ2v) is 10.1. The number of carboxylic acid groups (broad SMARTS) is 1. The van der Waals surface area contributed by atoms with E-state index in [1.165, 1.54) is 11.3 Å². The maximum atomic E-state index is 11.1. The van der Waals surface area contributed by atoms with Crippen LogP contribution in [0, 0.1) is 11.8 Å². The topological polar surface area (TPSA) is 66.8 Å². The van der Waals surface area contributed by atoms with Crippen molar-refractivity contribution < 1.29 is 19.7 Å². The molecule has 4 atom stereocenters. The Bertz CT molecular complexity index is 1070. The number of carboxylic acids is 1. The van der Waals surface area contributed by atoms with Gasteiger partial charge in [0.15, 0.2) is 0 Å². The van der Waals surface area contributed by atoms with E-state index in [0.717, 1.165) is 40.7 Å². The van der Waals surface area contributed by atoms with Crippen LogP contribution in [-0.4, -0.2) is 34.3 Å². The normalized spacial score (nSPS) is 23.3. The first-order valence-corrected chi connectivity index (χ1v) is 12.0. The number of rotatable bonds is 8. The Balaban J connectivity index is 1.39. The van der Waals surface area contributed by atoms with Gasteiger partial charge in [0.05, 0.1) is 12.7 Å². The third-order valence-corrected chi connectivity index (χ3v) is 8.04. The van der Waals surface area contributed by atoms with E-state index < -0.39 is 12.1 Å². The number of thiophene rings is 1. The number of aliphatic hydroxyl groups is 1. The maximum absolute atomic E-state index is 11.1. The van der Waals surface area contributed by atoms with E-state index in [2.05, 4.69) is 0 Å². The van der Waals surface area contributed by atoms with E-state index in [-0.39, 0.29) is 17.2 Å². The van der Waals surface area contributed by atoms with Crippen LogP contribution in [0.1, 0.15) is 33.8 Å². The first-order chi connectivity index (χ1) is 14.9. The molecule has 1 aliphatic rings. The third kappa shape index (κ3) is 5.01. The number of benzene rings is 2. The van der Waals surface area contributed by atoms with Gasteiger partial charge in [-0.3, -0.25) is 0 Å². The first-order valence-electron chi connectivity index (χ1n) is 10.4. The van der Waals surface area contributed by atoms with Crippen molar-refractivity contribution in [1.29, 1.82) is 0 Å². The van der Waals surface area contributed by atoms with Gasteiger partial charge >= 0.3 is 5.97 Å². The van der Waals surface area contributed by atoms with Crippen LogP contribution in [0.15, 0.2) is 48.5 Å². The van der Waals surface area contributed by atoms with Gasteiger partial charge in [0.25, 0.3) is 0 Å². The summed E-state index contributed by atoms with van der Waals surface area (Å²) in [5.74, 6) is -0.0318. The summed E-state index contributed by atoms with van der Waals surface area (Å²) in [6, 6.07) is 15.1. The van der Waals surface area contributed by atoms with Gasteiger partial charge in [0.1, 0.15) is 10.6 Å².